The van der Waals surface area contributed by atoms with Crippen LogP contribution in [-0.2, 0) is 32.6 Å². The van der Waals surface area contributed by atoms with Crippen molar-refractivity contribution in [3.63, 3.8) is 0 Å². The Labute approximate surface area is 259 Å². The van der Waals surface area contributed by atoms with Crippen LogP contribution in [0.25, 0.3) is 0 Å². The summed E-state index contributed by atoms with van der Waals surface area (Å²) in [5.41, 5.74) is 2.49. The Morgan fingerprint density at radius 3 is 1.93 bits per heavy atom. The average molecular weight is 618 g/mol. The van der Waals surface area contributed by atoms with E-state index >= 15 is 0 Å². The minimum atomic E-state index is -4.19. The van der Waals surface area contributed by atoms with Gasteiger partial charge in [-0.05, 0) is 61.7 Å². The molecule has 0 spiro atoms. The van der Waals surface area contributed by atoms with Gasteiger partial charge in [0.25, 0.3) is 10.0 Å². The molecule has 0 fully saturated rings. The van der Waals surface area contributed by atoms with Gasteiger partial charge in [-0.2, -0.15) is 0 Å². The van der Waals surface area contributed by atoms with E-state index in [4.69, 9.17) is 11.6 Å². The molecule has 2 amide bonds. The zero-order chi connectivity index (χ0) is 31.0. The maximum Gasteiger partial charge on any atom is 0.264 e. The van der Waals surface area contributed by atoms with Crippen molar-refractivity contribution in [1.82, 2.24) is 10.2 Å². The van der Waals surface area contributed by atoms with Gasteiger partial charge < -0.3 is 10.2 Å². The van der Waals surface area contributed by atoms with Crippen LogP contribution in [-0.4, -0.2) is 43.8 Å². The Morgan fingerprint density at radius 2 is 1.35 bits per heavy atom. The van der Waals surface area contributed by atoms with E-state index in [1.54, 1.807) is 43.3 Å². The van der Waals surface area contributed by atoms with Crippen LogP contribution in [0.15, 0.2) is 114 Å². The quantitative estimate of drug-likeness (QED) is 0.211. The average Bonchev–Trinajstić information content (AvgIpc) is 3.00. The maximum absolute atomic E-state index is 14.4. The fraction of sp³-hybridized carbons (Fsp3) is 0.235. The first kappa shape index (κ1) is 31.8. The fourth-order valence-corrected chi connectivity index (χ4v) is 6.48. The second-order valence-electron chi connectivity index (χ2n) is 10.6. The first-order valence-electron chi connectivity index (χ1n) is 14.1. The number of carbonyl (C=O) groups is 2. The predicted molar refractivity (Wildman–Crippen MR) is 171 cm³/mol. The number of benzene rings is 4. The lowest BCUT2D eigenvalue weighted by molar-refractivity contribution is -0.140. The van der Waals surface area contributed by atoms with Crippen LogP contribution in [0.5, 0.6) is 0 Å². The lowest BCUT2D eigenvalue weighted by Gasteiger charge is -2.34. The minimum absolute atomic E-state index is 0.0372. The minimum Gasteiger partial charge on any atom is -0.352 e. The van der Waals surface area contributed by atoms with E-state index in [9.17, 15) is 18.0 Å². The number of anilines is 1. The van der Waals surface area contributed by atoms with E-state index in [1.165, 1.54) is 17.0 Å². The first-order chi connectivity index (χ1) is 20.6. The van der Waals surface area contributed by atoms with Gasteiger partial charge in [-0.25, -0.2) is 8.42 Å². The van der Waals surface area contributed by atoms with E-state index in [1.807, 2.05) is 74.5 Å². The third kappa shape index (κ3) is 8.03. The molecule has 0 aliphatic heterocycles. The van der Waals surface area contributed by atoms with Gasteiger partial charge in [0.05, 0.1) is 10.6 Å². The molecule has 4 aromatic rings. The molecule has 1 N–H and O–H groups in total. The summed E-state index contributed by atoms with van der Waals surface area (Å²) in [6.07, 6.45) is 0.250. The molecule has 0 radical (unpaired) electrons. The van der Waals surface area contributed by atoms with Gasteiger partial charge in [0.15, 0.2) is 0 Å². The van der Waals surface area contributed by atoms with Gasteiger partial charge in [0.2, 0.25) is 11.8 Å². The monoisotopic (exact) mass is 617 g/mol. The molecular weight excluding hydrogens is 582 g/mol. The zero-order valence-electron chi connectivity index (χ0n) is 24.5. The summed E-state index contributed by atoms with van der Waals surface area (Å²) in [6.45, 7) is 5.00. The number of nitrogens with one attached hydrogen (secondary N) is 1. The van der Waals surface area contributed by atoms with Gasteiger partial charge in [-0.3, -0.25) is 13.9 Å². The number of halogens is 1. The number of rotatable bonds is 12. The number of carbonyl (C=O) groups excluding carboxylic acids is 2. The highest BCUT2D eigenvalue weighted by Crippen LogP contribution is 2.31. The van der Waals surface area contributed by atoms with Crippen LogP contribution in [0.1, 0.15) is 30.5 Å². The molecule has 0 heterocycles. The SMILES string of the molecule is Cc1c(Cl)cccc1N(CC(=O)N(Cc1ccccc1)C(Cc1ccccc1)C(=O)NC(C)C)S(=O)(=O)c1ccccc1. The summed E-state index contributed by atoms with van der Waals surface area (Å²) in [5, 5.41) is 3.33. The second-order valence-corrected chi connectivity index (χ2v) is 12.9. The Balaban J connectivity index is 1.82. The first-order valence-corrected chi connectivity index (χ1v) is 15.9. The molecule has 0 aliphatic carbocycles. The van der Waals surface area contributed by atoms with Crippen LogP contribution in [0.2, 0.25) is 5.02 Å². The van der Waals surface area contributed by atoms with Crippen molar-refractivity contribution in [3.05, 3.63) is 131 Å². The molecule has 0 saturated carbocycles. The van der Waals surface area contributed by atoms with Crippen LogP contribution in [0, 0.1) is 6.92 Å². The zero-order valence-corrected chi connectivity index (χ0v) is 26.1. The van der Waals surface area contributed by atoms with Crippen molar-refractivity contribution < 1.29 is 18.0 Å². The van der Waals surface area contributed by atoms with Crippen molar-refractivity contribution in [2.75, 3.05) is 10.8 Å². The summed E-state index contributed by atoms with van der Waals surface area (Å²) >= 11 is 6.42. The molecule has 1 atom stereocenters. The second kappa shape index (κ2) is 14.4. The Kier molecular flexibility index (Phi) is 10.6. The number of hydrogen-bond acceptors (Lipinski definition) is 4. The van der Waals surface area contributed by atoms with E-state index in [0.29, 0.717) is 10.6 Å². The van der Waals surface area contributed by atoms with E-state index in [0.717, 1.165) is 15.4 Å². The highest BCUT2D eigenvalue weighted by atomic mass is 35.5. The molecule has 1 unspecified atom stereocenters. The third-order valence-electron chi connectivity index (χ3n) is 7.02. The number of sulfonamides is 1. The highest BCUT2D eigenvalue weighted by molar-refractivity contribution is 7.92. The molecule has 7 nitrogen and oxygen atoms in total. The summed E-state index contributed by atoms with van der Waals surface area (Å²) in [7, 11) is -4.19. The van der Waals surface area contributed by atoms with Crippen molar-refractivity contribution in [2.45, 2.75) is 50.7 Å². The molecule has 0 aliphatic rings. The molecule has 0 saturated heterocycles. The standard InChI is InChI=1S/C34H36ClN3O4S/c1-25(2)36-34(40)32(22-27-14-7-4-8-15-27)37(23-28-16-9-5-10-17-28)33(39)24-38(31-21-13-20-30(35)26(31)3)43(41,42)29-18-11-6-12-19-29/h4-21,25,32H,22-24H2,1-3H3,(H,36,40). The Bertz CT molecular complexity index is 1630. The lowest BCUT2D eigenvalue weighted by Crippen LogP contribution is -2.54. The van der Waals surface area contributed by atoms with Gasteiger partial charge in [0.1, 0.15) is 12.6 Å². The van der Waals surface area contributed by atoms with Gasteiger partial charge in [0, 0.05) is 24.0 Å². The van der Waals surface area contributed by atoms with Gasteiger partial charge >= 0.3 is 0 Å². The Morgan fingerprint density at radius 1 is 0.791 bits per heavy atom. The van der Waals surface area contributed by atoms with E-state index < -0.39 is 28.5 Å². The molecule has 224 valence electrons. The van der Waals surface area contributed by atoms with Crippen LogP contribution >= 0.6 is 11.6 Å². The molecular formula is C34H36ClN3O4S. The molecule has 9 heteroatoms. The highest BCUT2D eigenvalue weighted by Gasteiger charge is 2.35. The third-order valence-corrected chi connectivity index (χ3v) is 9.20. The topological polar surface area (TPSA) is 86.8 Å². The van der Waals surface area contributed by atoms with E-state index in [2.05, 4.69) is 5.32 Å². The number of nitrogens with zero attached hydrogens (tertiary/aromatic N) is 2. The summed E-state index contributed by atoms with van der Waals surface area (Å²) < 4.78 is 29.3. The Hall–Kier alpha value is -4.14. The normalized spacial score (nSPS) is 12.0. The van der Waals surface area contributed by atoms with Gasteiger partial charge in [-0.15, -0.1) is 0 Å². The van der Waals surface area contributed by atoms with E-state index in [-0.39, 0.29) is 35.5 Å². The molecule has 0 aromatic heterocycles. The predicted octanol–water partition coefficient (Wildman–Crippen LogP) is 6.01. The molecule has 4 aromatic carbocycles. The molecule has 4 rings (SSSR count). The lowest BCUT2D eigenvalue weighted by atomic mass is 10.0. The van der Waals surface area contributed by atoms with Crippen molar-refractivity contribution >= 4 is 39.1 Å². The molecule has 0 bridgehead atoms. The van der Waals surface area contributed by atoms with Crippen molar-refractivity contribution in [1.29, 1.82) is 0 Å². The van der Waals surface area contributed by atoms with Crippen LogP contribution < -0.4 is 9.62 Å². The summed E-state index contributed by atoms with van der Waals surface area (Å²) in [5.74, 6) is -0.845. The molecule has 43 heavy (non-hydrogen) atoms. The van der Waals surface area contributed by atoms with Crippen LogP contribution in [0.3, 0.4) is 0 Å². The number of hydrogen-bond donors (Lipinski definition) is 1. The van der Waals surface area contributed by atoms with Crippen LogP contribution in [0.4, 0.5) is 5.69 Å². The van der Waals surface area contributed by atoms with Gasteiger partial charge in [-0.1, -0.05) is 96.5 Å². The maximum atomic E-state index is 14.4. The smallest absolute Gasteiger partial charge is 0.264 e. The fourth-order valence-electron chi connectivity index (χ4n) is 4.81. The summed E-state index contributed by atoms with van der Waals surface area (Å²) in [4.78, 5) is 29.7. The summed E-state index contributed by atoms with van der Waals surface area (Å²) in [6, 6.07) is 30.7. The largest absolute Gasteiger partial charge is 0.352 e. The number of amides is 2. The van der Waals surface area contributed by atoms with Crippen molar-refractivity contribution in [3.8, 4) is 0 Å². The van der Waals surface area contributed by atoms with Crippen molar-refractivity contribution in [2.24, 2.45) is 0 Å².